The molecule has 2 aromatic heterocycles. The number of thiophene rings is 1. The third-order valence-corrected chi connectivity index (χ3v) is 6.39. The number of hydrogen-bond donors (Lipinski definition) is 0. The summed E-state index contributed by atoms with van der Waals surface area (Å²) in [4.78, 5) is 11.6. The Balaban J connectivity index is 1.79. The molecule has 1 aliphatic heterocycles. The number of hydrogen-bond acceptors (Lipinski definition) is 6. The van der Waals surface area contributed by atoms with Gasteiger partial charge in [0.1, 0.15) is 15.8 Å². The number of sulfone groups is 1. The minimum atomic E-state index is -2.87. The Bertz CT molecular complexity index is 744. The molecule has 0 aromatic carbocycles. The maximum atomic E-state index is 11.5. The molecule has 5 nitrogen and oxygen atoms in total. The molecule has 1 aliphatic rings. The summed E-state index contributed by atoms with van der Waals surface area (Å²) in [5.41, 5.74) is 0. The summed E-state index contributed by atoms with van der Waals surface area (Å²) in [5, 5.41) is 3.26. The Labute approximate surface area is 126 Å². The van der Waals surface area contributed by atoms with Gasteiger partial charge in [0, 0.05) is 11.4 Å². The molecule has 1 atom stereocenters. The van der Waals surface area contributed by atoms with Crippen LogP contribution in [0, 0.1) is 0 Å². The van der Waals surface area contributed by atoms with Crippen molar-refractivity contribution in [3.8, 4) is 0 Å². The van der Waals surface area contributed by atoms with Crippen LogP contribution in [0.5, 0.6) is 0 Å². The van der Waals surface area contributed by atoms with Crippen molar-refractivity contribution in [3.63, 3.8) is 0 Å². The maximum Gasteiger partial charge on any atom is 0.151 e. The zero-order valence-electron chi connectivity index (χ0n) is 10.9. The predicted octanol–water partition coefficient (Wildman–Crippen LogP) is 1.96. The van der Waals surface area contributed by atoms with Crippen molar-refractivity contribution in [3.05, 3.63) is 22.4 Å². The Kier molecular flexibility index (Phi) is 3.70. The molecule has 0 amide bonds. The van der Waals surface area contributed by atoms with E-state index in [4.69, 9.17) is 11.6 Å². The van der Waals surface area contributed by atoms with Gasteiger partial charge < -0.3 is 0 Å². The molecule has 2 aromatic rings. The fourth-order valence-corrected chi connectivity index (χ4v) is 5.30. The van der Waals surface area contributed by atoms with Gasteiger partial charge in [0.25, 0.3) is 0 Å². The number of nitrogens with zero attached hydrogens (tertiary/aromatic N) is 3. The second-order valence-electron chi connectivity index (χ2n) is 5.04. The average molecular weight is 332 g/mol. The summed E-state index contributed by atoms with van der Waals surface area (Å²) in [6, 6.07) is 1.95. The van der Waals surface area contributed by atoms with Gasteiger partial charge in [-0.05, 0) is 24.9 Å². The highest BCUT2D eigenvalue weighted by atomic mass is 35.5. The number of aromatic nitrogens is 2. The van der Waals surface area contributed by atoms with Gasteiger partial charge in [-0.1, -0.05) is 11.6 Å². The lowest BCUT2D eigenvalue weighted by atomic mass is 10.2. The normalized spacial score (nSPS) is 21.9. The lowest BCUT2D eigenvalue weighted by molar-refractivity contribution is 0.248. The molecule has 0 aliphatic carbocycles. The molecule has 0 N–H and O–H groups in total. The van der Waals surface area contributed by atoms with Gasteiger partial charge in [-0.2, -0.15) is 0 Å². The first kappa shape index (κ1) is 14.2. The molecule has 0 saturated carbocycles. The zero-order chi connectivity index (χ0) is 14.3. The standard InChI is InChI=1S/C12H14ClN3O2S2/c1-16(8-3-5-20(17,18)7-8)6-10-14-11(13)9-2-4-19-12(9)15-10/h2,4,8H,3,5-7H2,1H3. The highest BCUT2D eigenvalue weighted by molar-refractivity contribution is 7.91. The van der Waals surface area contributed by atoms with E-state index in [0.29, 0.717) is 23.9 Å². The van der Waals surface area contributed by atoms with Crippen LogP contribution < -0.4 is 0 Å². The SMILES string of the molecule is CN(Cc1nc(Cl)c2ccsc2n1)C1CCS(=O)(=O)C1. The summed E-state index contributed by atoms with van der Waals surface area (Å²) in [6.45, 7) is 0.508. The predicted molar refractivity (Wildman–Crippen MR) is 81.0 cm³/mol. The number of fused-ring (bicyclic) bond motifs is 1. The second-order valence-corrected chi connectivity index (χ2v) is 8.52. The van der Waals surface area contributed by atoms with Gasteiger partial charge in [0.05, 0.1) is 18.1 Å². The van der Waals surface area contributed by atoms with Crippen LogP contribution in [0.15, 0.2) is 11.4 Å². The van der Waals surface area contributed by atoms with Crippen molar-refractivity contribution in [2.24, 2.45) is 0 Å². The van der Waals surface area contributed by atoms with E-state index in [-0.39, 0.29) is 17.5 Å². The molecular formula is C12H14ClN3O2S2. The van der Waals surface area contributed by atoms with E-state index in [1.54, 1.807) is 0 Å². The third kappa shape index (κ3) is 2.81. The van der Waals surface area contributed by atoms with Crippen molar-refractivity contribution < 1.29 is 8.42 Å². The molecule has 0 spiro atoms. The summed E-state index contributed by atoms with van der Waals surface area (Å²) >= 11 is 7.66. The summed E-state index contributed by atoms with van der Waals surface area (Å²) < 4.78 is 23.0. The van der Waals surface area contributed by atoms with Crippen LogP contribution in [-0.2, 0) is 16.4 Å². The zero-order valence-corrected chi connectivity index (χ0v) is 13.3. The van der Waals surface area contributed by atoms with Crippen LogP contribution in [0.25, 0.3) is 10.2 Å². The van der Waals surface area contributed by atoms with E-state index >= 15 is 0 Å². The third-order valence-electron chi connectivity index (χ3n) is 3.55. The van der Waals surface area contributed by atoms with Crippen LogP contribution in [0.1, 0.15) is 12.2 Å². The Morgan fingerprint density at radius 2 is 2.30 bits per heavy atom. The molecule has 1 fully saturated rings. The summed E-state index contributed by atoms with van der Waals surface area (Å²) in [6.07, 6.45) is 0.674. The minimum Gasteiger partial charge on any atom is -0.295 e. The van der Waals surface area contributed by atoms with Gasteiger partial charge in [-0.25, -0.2) is 18.4 Å². The van der Waals surface area contributed by atoms with Crippen LogP contribution >= 0.6 is 22.9 Å². The molecule has 3 heterocycles. The molecular weight excluding hydrogens is 318 g/mol. The van der Waals surface area contributed by atoms with Crippen LogP contribution in [0.3, 0.4) is 0 Å². The Morgan fingerprint density at radius 1 is 1.50 bits per heavy atom. The van der Waals surface area contributed by atoms with Crippen LogP contribution in [-0.4, -0.2) is 47.9 Å². The molecule has 1 saturated heterocycles. The maximum absolute atomic E-state index is 11.5. The van der Waals surface area contributed by atoms with E-state index in [9.17, 15) is 8.42 Å². The molecule has 108 valence electrons. The molecule has 8 heteroatoms. The first-order valence-electron chi connectivity index (χ1n) is 6.25. The number of halogens is 1. The first-order chi connectivity index (χ1) is 9.44. The molecule has 0 bridgehead atoms. The fourth-order valence-electron chi connectivity index (χ4n) is 2.41. The summed E-state index contributed by atoms with van der Waals surface area (Å²) in [7, 11) is -0.969. The minimum absolute atomic E-state index is 0.0430. The van der Waals surface area contributed by atoms with Crippen molar-refractivity contribution >= 4 is 43.0 Å². The van der Waals surface area contributed by atoms with Crippen molar-refractivity contribution in [2.75, 3.05) is 18.6 Å². The van der Waals surface area contributed by atoms with Gasteiger partial charge in [-0.3, -0.25) is 4.90 Å². The van der Waals surface area contributed by atoms with E-state index in [0.717, 1.165) is 10.2 Å². The Morgan fingerprint density at radius 3 is 3.00 bits per heavy atom. The lowest BCUT2D eigenvalue weighted by Crippen LogP contribution is -2.32. The molecule has 1 unspecified atom stereocenters. The highest BCUT2D eigenvalue weighted by Crippen LogP contribution is 2.25. The van der Waals surface area contributed by atoms with Crippen molar-refractivity contribution in [2.45, 2.75) is 19.0 Å². The Hall–Kier alpha value is -0.760. The van der Waals surface area contributed by atoms with E-state index < -0.39 is 9.84 Å². The topological polar surface area (TPSA) is 63.2 Å². The monoisotopic (exact) mass is 331 g/mol. The van der Waals surface area contributed by atoms with Gasteiger partial charge >= 0.3 is 0 Å². The van der Waals surface area contributed by atoms with Crippen LogP contribution in [0.2, 0.25) is 5.15 Å². The van der Waals surface area contributed by atoms with Crippen LogP contribution in [0.4, 0.5) is 0 Å². The van der Waals surface area contributed by atoms with E-state index in [2.05, 4.69) is 9.97 Å². The van der Waals surface area contributed by atoms with E-state index in [1.165, 1.54) is 11.3 Å². The average Bonchev–Trinajstić information content (AvgIpc) is 2.95. The first-order valence-corrected chi connectivity index (χ1v) is 9.33. The largest absolute Gasteiger partial charge is 0.295 e. The molecule has 3 rings (SSSR count). The lowest BCUT2D eigenvalue weighted by Gasteiger charge is -2.22. The van der Waals surface area contributed by atoms with Crippen molar-refractivity contribution in [1.82, 2.24) is 14.9 Å². The quantitative estimate of drug-likeness (QED) is 0.805. The fraction of sp³-hybridized carbons (Fsp3) is 0.500. The van der Waals surface area contributed by atoms with Gasteiger partial charge in [0.2, 0.25) is 0 Å². The summed E-state index contributed by atoms with van der Waals surface area (Å²) in [5.74, 6) is 1.13. The molecule has 0 radical (unpaired) electrons. The van der Waals surface area contributed by atoms with E-state index in [1.807, 2.05) is 23.4 Å². The second kappa shape index (κ2) is 5.22. The van der Waals surface area contributed by atoms with Crippen molar-refractivity contribution in [1.29, 1.82) is 0 Å². The molecule has 20 heavy (non-hydrogen) atoms. The highest BCUT2D eigenvalue weighted by Gasteiger charge is 2.30. The smallest absolute Gasteiger partial charge is 0.151 e. The number of rotatable bonds is 3. The van der Waals surface area contributed by atoms with Gasteiger partial charge in [-0.15, -0.1) is 11.3 Å². The van der Waals surface area contributed by atoms with Gasteiger partial charge in [0.15, 0.2) is 9.84 Å².